The van der Waals surface area contributed by atoms with E-state index in [0.717, 1.165) is 42.9 Å². The Morgan fingerprint density at radius 2 is 1.89 bits per heavy atom. The summed E-state index contributed by atoms with van der Waals surface area (Å²) < 4.78 is 0. The summed E-state index contributed by atoms with van der Waals surface area (Å²) in [5, 5.41) is 6.33. The van der Waals surface area contributed by atoms with Gasteiger partial charge in [0.1, 0.15) is 5.01 Å². The summed E-state index contributed by atoms with van der Waals surface area (Å²) in [6.45, 7) is 3.79. The number of likely N-dealkylation sites (tertiary alicyclic amines) is 1. The van der Waals surface area contributed by atoms with Gasteiger partial charge in [0, 0.05) is 30.2 Å². The van der Waals surface area contributed by atoms with Crippen LogP contribution < -0.4 is 5.32 Å². The second kappa shape index (κ2) is 9.13. The molecule has 0 bridgehead atoms. The summed E-state index contributed by atoms with van der Waals surface area (Å²) in [7, 11) is 0. The maximum Gasteiger partial charge on any atom is 0.251 e. The van der Waals surface area contributed by atoms with Gasteiger partial charge in [-0.05, 0) is 48.6 Å². The standard InChI is InChI=1S/C23H25N3OS/c27-23(21-10-8-20(9-11-21)19-6-2-1-3-7-19)25-15-18-5-4-13-26(16-18)17-22-24-12-14-28-22/h1-3,6-12,14,18H,4-5,13,15-17H2,(H,25,27)/t18-/m0/s1. The summed E-state index contributed by atoms with van der Waals surface area (Å²) in [6.07, 6.45) is 4.21. The fourth-order valence-corrected chi connectivity index (χ4v) is 4.43. The molecule has 2 aromatic carbocycles. The number of nitrogens with one attached hydrogen (secondary N) is 1. The summed E-state index contributed by atoms with van der Waals surface area (Å²) in [5.41, 5.74) is 3.01. The number of thiazole rings is 1. The van der Waals surface area contributed by atoms with Crippen LogP contribution in [0.4, 0.5) is 0 Å². The maximum absolute atomic E-state index is 12.5. The monoisotopic (exact) mass is 391 g/mol. The first-order valence-corrected chi connectivity index (χ1v) is 10.7. The normalized spacial score (nSPS) is 17.4. The van der Waals surface area contributed by atoms with E-state index in [4.69, 9.17) is 0 Å². The van der Waals surface area contributed by atoms with Crippen LogP contribution in [0.25, 0.3) is 11.1 Å². The molecular weight excluding hydrogens is 366 g/mol. The third kappa shape index (κ3) is 4.86. The van der Waals surface area contributed by atoms with Gasteiger partial charge in [-0.1, -0.05) is 42.5 Å². The fourth-order valence-electron chi connectivity index (χ4n) is 3.77. The van der Waals surface area contributed by atoms with E-state index < -0.39 is 0 Å². The van der Waals surface area contributed by atoms with Gasteiger partial charge in [0.2, 0.25) is 0 Å². The first-order chi connectivity index (χ1) is 13.8. The number of aromatic nitrogens is 1. The second-order valence-corrected chi connectivity index (χ2v) is 8.30. The Hall–Kier alpha value is -2.50. The van der Waals surface area contributed by atoms with Crippen LogP contribution in [0.5, 0.6) is 0 Å². The van der Waals surface area contributed by atoms with Gasteiger partial charge in [0.15, 0.2) is 0 Å². The number of amides is 1. The number of carbonyl (C=O) groups excluding carboxylic acids is 1. The first-order valence-electron chi connectivity index (χ1n) is 9.82. The van der Waals surface area contributed by atoms with Gasteiger partial charge in [-0.25, -0.2) is 4.98 Å². The van der Waals surface area contributed by atoms with E-state index in [-0.39, 0.29) is 5.91 Å². The lowest BCUT2D eigenvalue weighted by molar-refractivity contribution is 0.0930. The number of benzene rings is 2. The molecule has 0 aliphatic carbocycles. The molecule has 3 aromatic rings. The van der Waals surface area contributed by atoms with Crippen LogP contribution in [0.1, 0.15) is 28.2 Å². The van der Waals surface area contributed by atoms with E-state index in [9.17, 15) is 4.79 Å². The quantitative estimate of drug-likeness (QED) is 0.675. The van der Waals surface area contributed by atoms with Gasteiger partial charge in [0.25, 0.3) is 5.91 Å². The molecule has 5 heteroatoms. The zero-order valence-electron chi connectivity index (χ0n) is 15.9. The van der Waals surface area contributed by atoms with E-state index in [1.165, 1.54) is 17.8 Å². The van der Waals surface area contributed by atoms with Gasteiger partial charge in [-0.3, -0.25) is 9.69 Å². The van der Waals surface area contributed by atoms with Crippen molar-refractivity contribution in [3.8, 4) is 11.1 Å². The zero-order chi connectivity index (χ0) is 19.2. The highest BCUT2D eigenvalue weighted by atomic mass is 32.1. The molecule has 1 atom stereocenters. The van der Waals surface area contributed by atoms with Crippen molar-refractivity contribution in [2.75, 3.05) is 19.6 Å². The third-order valence-corrected chi connectivity index (χ3v) is 6.02. The van der Waals surface area contributed by atoms with E-state index in [1.807, 2.05) is 54.0 Å². The van der Waals surface area contributed by atoms with Gasteiger partial charge in [-0.2, -0.15) is 0 Å². The Labute approximate surface area is 170 Å². The lowest BCUT2D eigenvalue weighted by atomic mass is 9.98. The summed E-state index contributed by atoms with van der Waals surface area (Å²) >= 11 is 1.71. The highest BCUT2D eigenvalue weighted by Gasteiger charge is 2.21. The molecule has 28 heavy (non-hydrogen) atoms. The van der Waals surface area contributed by atoms with Crippen molar-refractivity contribution in [1.29, 1.82) is 0 Å². The Morgan fingerprint density at radius 3 is 2.64 bits per heavy atom. The average Bonchev–Trinajstić information content (AvgIpc) is 3.26. The van der Waals surface area contributed by atoms with Crippen molar-refractivity contribution in [2.45, 2.75) is 19.4 Å². The Morgan fingerprint density at radius 1 is 1.11 bits per heavy atom. The van der Waals surface area contributed by atoms with Gasteiger partial charge >= 0.3 is 0 Å². The molecule has 0 unspecified atom stereocenters. The zero-order valence-corrected chi connectivity index (χ0v) is 16.7. The highest BCUT2D eigenvalue weighted by Crippen LogP contribution is 2.20. The molecule has 1 aromatic heterocycles. The molecular formula is C23H25N3OS. The fraction of sp³-hybridized carbons (Fsp3) is 0.304. The Kier molecular flexibility index (Phi) is 6.14. The van der Waals surface area contributed by atoms with Crippen LogP contribution in [0.3, 0.4) is 0 Å². The van der Waals surface area contributed by atoms with Crippen LogP contribution in [0.15, 0.2) is 66.2 Å². The number of rotatable bonds is 6. The molecule has 0 saturated carbocycles. The maximum atomic E-state index is 12.5. The smallest absolute Gasteiger partial charge is 0.251 e. The molecule has 1 amide bonds. The van der Waals surface area contributed by atoms with Gasteiger partial charge in [-0.15, -0.1) is 11.3 Å². The van der Waals surface area contributed by atoms with Gasteiger partial charge in [0.05, 0.1) is 6.54 Å². The van der Waals surface area contributed by atoms with E-state index >= 15 is 0 Å². The van der Waals surface area contributed by atoms with Gasteiger partial charge < -0.3 is 5.32 Å². The van der Waals surface area contributed by atoms with E-state index in [1.54, 1.807) is 11.3 Å². The molecule has 1 fully saturated rings. The van der Waals surface area contributed by atoms with Crippen LogP contribution in [0.2, 0.25) is 0 Å². The second-order valence-electron chi connectivity index (χ2n) is 7.32. The number of carbonyl (C=O) groups is 1. The van der Waals surface area contributed by atoms with Crippen molar-refractivity contribution in [3.63, 3.8) is 0 Å². The van der Waals surface area contributed by atoms with Crippen molar-refractivity contribution in [2.24, 2.45) is 5.92 Å². The Balaban J connectivity index is 1.29. The Bertz CT molecular complexity index is 878. The minimum absolute atomic E-state index is 0.0108. The molecule has 1 N–H and O–H groups in total. The van der Waals surface area contributed by atoms with Crippen LogP contribution in [-0.4, -0.2) is 35.4 Å². The third-order valence-electron chi connectivity index (χ3n) is 5.25. The number of piperidine rings is 1. The largest absolute Gasteiger partial charge is 0.352 e. The van der Waals surface area contributed by atoms with E-state index in [2.05, 4.69) is 27.3 Å². The minimum atomic E-state index is 0.0108. The lowest BCUT2D eigenvalue weighted by Gasteiger charge is -2.32. The lowest BCUT2D eigenvalue weighted by Crippen LogP contribution is -2.40. The summed E-state index contributed by atoms with van der Waals surface area (Å²) in [5.74, 6) is 0.512. The minimum Gasteiger partial charge on any atom is -0.352 e. The number of hydrogen-bond donors (Lipinski definition) is 1. The summed E-state index contributed by atoms with van der Waals surface area (Å²) in [6, 6.07) is 18.1. The molecule has 0 radical (unpaired) electrons. The first kappa shape index (κ1) is 18.8. The van der Waals surface area contributed by atoms with Crippen LogP contribution in [0, 0.1) is 5.92 Å². The average molecular weight is 392 g/mol. The highest BCUT2D eigenvalue weighted by molar-refractivity contribution is 7.09. The van der Waals surface area contributed by atoms with E-state index in [0.29, 0.717) is 5.92 Å². The van der Waals surface area contributed by atoms with Crippen molar-refractivity contribution in [1.82, 2.24) is 15.2 Å². The molecule has 4 rings (SSSR count). The molecule has 2 heterocycles. The predicted molar refractivity (Wildman–Crippen MR) is 114 cm³/mol. The molecule has 0 spiro atoms. The number of nitrogens with zero attached hydrogens (tertiary/aromatic N) is 2. The van der Waals surface area contributed by atoms with Crippen molar-refractivity contribution >= 4 is 17.2 Å². The van der Waals surface area contributed by atoms with Crippen molar-refractivity contribution in [3.05, 3.63) is 76.7 Å². The summed E-state index contributed by atoms with van der Waals surface area (Å²) in [4.78, 5) is 19.4. The molecule has 4 nitrogen and oxygen atoms in total. The molecule has 1 aliphatic rings. The molecule has 144 valence electrons. The van der Waals surface area contributed by atoms with Crippen LogP contribution in [-0.2, 0) is 6.54 Å². The predicted octanol–water partition coefficient (Wildman–Crippen LogP) is 4.45. The molecule has 1 aliphatic heterocycles. The number of hydrogen-bond acceptors (Lipinski definition) is 4. The topological polar surface area (TPSA) is 45.2 Å². The van der Waals surface area contributed by atoms with Crippen LogP contribution >= 0.6 is 11.3 Å². The SMILES string of the molecule is O=C(NC[C@@H]1CCCN(Cc2nccs2)C1)c1ccc(-c2ccccc2)cc1. The van der Waals surface area contributed by atoms with Crippen molar-refractivity contribution < 1.29 is 4.79 Å². The molecule has 1 saturated heterocycles.